The number of aliphatic carboxylic acids is 1. The van der Waals surface area contributed by atoms with E-state index in [1.807, 2.05) is 47.4 Å². The Kier molecular flexibility index (Phi) is 3.85. The minimum Gasteiger partial charge on any atom is -0.479 e. The molecule has 25 heavy (non-hydrogen) atoms. The molecule has 1 atom stereocenters. The molecule has 1 aromatic heterocycles. The third-order valence-electron chi connectivity index (χ3n) is 5.12. The lowest BCUT2D eigenvalue weighted by Crippen LogP contribution is -2.64. The van der Waals surface area contributed by atoms with Crippen molar-refractivity contribution >= 4 is 33.1 Å². The average Bonchev–Trinajstić information content (AvgIpc) is 3.03. The Bertz CT molecular complexity index is 947. The molecule has 0 aliphatic carbocycles. The van der Waals surface area contributed by atoms with Gasteiger partial charge in [-0.15, -0.1) is 11.3 Å². The summed E-state index contributed by atoms with van der Waals surface area (Å²) in [5, 5.41) is 13.2. The van der Waals surface area contributed by atoms with Crippen molar-refractivity contribution in [3.8, 4) is 0 Å². The van der Waals surface area contributed by atoms with Crippen LogP contribution in [0.25, 0.3) is 15.8 Å². The molecule has 1 unspecified atom stereocenters. The molecule has 0 amide bonds. The molecule has 1 aliphatic heterocycles. The van der Waals surface area contributed by atoms with Gasteiger partial charge in [-0.2, -0.15) is 0 Å². The molecule has 1 fully saturated rings. The SMILES string of the molecule is C=C(c1csc2ccccc12)N1CCC1(Cc1ccccc1)C(=O)O. The van der Waals surface area contributed by atoms with Crippen LogP contribution in [0.2, 0.25) is 0 Å². The van der Waals surface area contributed by atoms with Crippen molar-refractivity contribution in [2.45, 2.75) is 18.4 Å². The molecule has 1 saturated heterocycles. The Morgan fingerprint density at radius 3 is 2.56 bits per heavy atom. The average molecular weight is 349 g/mol. The Morgan fingerprint density at radius 1 is 1.16 bits per heavy atom. The number of carboxylic acid groups (broad SMARTS) is 1. The second kappa shape index (κ2) is 6.05. The van der Waals surface area contributed by atoms with E-state index in [2.05, 4.69) is 24.1 Å². The number of fused-ring (bicyclic) bond motifs is 1. The zero-order chi connectivity index (χ0) is 17.4. The van der Waals surface area contributed by atoms with Gasteiger partial charge in [0, 0.05) is 39.7 Å². The van der Waals surface area contributed by atoms with Gasteiger partial charge in [-0.1, -0.05) is 55.1 Å². The molecule has 1 N–H and O–H groups in total. The first-order chi connectivity index (χ1) is 12.1. The quantitative estimate of drug-likeness (QED) is 0.729. The molecule has 4 rings (SSSR count). The van der Waals surface area contributed by atoms with Crippen LogP contribution in [-0.2, 0) is 11.2 Å². The lowest BCUT2D eigenvalue weighted by Gasteiger charge is -2.52. The first-order valence-electron chi connectivity index (χ1n) is 8.32. The van der Waals surface area contributed by atoms with E-state index in [0.717, 1.165) is 28.8 Å². The molecule has 2 aromatic carbocycles. The summed E-state index contributed by atoms with van der Waals surface area (Å²) in [7, 11) is 0. The monoisotopic (exact) mass is 349 g/mol. The van der Waals surface area contributed by atoms with Crippen molar-refractivity contribution in [1.82, 2.24) is 4.90 Å². The molecular formula is C21H19NO2S. The zero-order valence-electron chi connectivity index (χ0n) is 13.8. The molecule has 2 heterocycles. The van der Waals surface area contributed by atoms with Gasteiger partial charge in [0.05, 0.1) is 0 Å². The lowest BCUT2D eigenvalue weighted by molar-refractivity contribution is -0.156. The molecule has 126 valence electrons. The maximum atomic E-state index is 12.2. The summed E-state index contributed by atoms with van der Waals surface area (Å²) in [6.45, 7) is 4.98. The van der Waals surface area contributed by atoms with Crippen LogP contribution in [0.1, 0.15) is 17.5 Å². The third-order valence-corrected chi connectivity index (χ3v) is 6.08. The number of nitrogens with zero attached hydrogens (tertiary/aromatic N) is 1. The Labute approximate surface area is 150 Å². The van der Waals surface area contributed by atoms with Crippen LogP contribution in [-0.4, -0.2) is 28.1 Å². The lowest BCUT2D eigenvalue weighted by atomic mass is 9.78. The highest BCUT2D eigenvalue weighted by atomic mass is 32.1. The van der Waals surface area contributed by atoms with Gasteiger partial charge in [0.2, 0.25) is 0 Å². The highest BCUT2D eigenvalue weighted by Crippen LogP contribution is 2.42. The summed E-state index contributed by atoms with van der Waals surface area (Å²) in [4.78, 5) is 14.1. The Hall–Kier alpha value is -2.59. The second-order valence-electron chi connectivity index (χ2n) is 6.49. The van der Waals surface area contributed by atoms with Crippen molar-refractivity contribution in [2.24, 2.45) is 0 Å². The van der Waals surface area contributed by atoms with E-state index in [0.29, 0.717) is 12.8 Å². The molecule has 0 spiro atoms. The zero-order valence-corrected chi connectivity index (χ0v) is 14.6. The molecule has 0 saturated carbocycles. The molecule has 3 nitrogen and oxygen atoms in total. The fraction of sp³-hybridized carbons (Fsp3) is 0.190. The van der Waals surface area contributed by atoms with Crippen molar-refractivity contribution in [1.29, 1.82) is 0 Å². The van der Waals surface area contributed by atoms with Crippen molar-refractivity contribution in [3.05, 3.63) is 77.7 Å². The number of carboxylic acids is 1. The van der Waals surface area contributed by atoms with Gasteiger partial charge in [-0.3, -0.25) is 0 Å². The number of thiophene rings is 1. The van der Waals surface area contributed by atoms with Gasteiger partial charge in [0.15, 0.2) is 0 Å². The van der Waals surface area contributed by atoms with E-state index in [1.165, 1.54) is 4.70 Å². The van der Waals surface area contributed by atoms with Crippen LogP contribution >= 0.6 is 11.3 Å². The van der Waals surface area contributed by atoms with Crippen LogP contribution in [0.5, 0.6) is 0 Å². The predicted molar refractivity (Wildman–Crippen MR) is 103 cm³/mol. The fourth-order valence-electron chi connectivity index (χ4n) is 3.65. The number of carbonyl (C=O) groups is 1. The predicted octanol–water partition coefficient (Wildman–Crippen LogP) is 4.64. The maximum absolute atomic E-state index is 12.2. The first-order valence-corrected chi connectivity index (χ1v) is 9.20. The van der Waals surface area contributed by atoms with Gasteiger partial charge >= 0.3 is 5.97 Å². The number of hydrogen-bond acceptors (Lipinski definition) is 3. The van der Waals surface area contributed by atoms with Gasteiger partial charge in [-0.05, 0) is 18.1 Å². The first kappa shape index (κ1) is 15.9. The van der Waals surface area contributed by atoms with Gasteiger partial charge in [0.25, 0.3) is 0 Å². The third kappa shape index (κ3) is 2.53. The summed E-state index contributed by atoms with van der Waals surface area (Å²) in [5.74, 6) is -0.775. The summed E-state index contributed by atoms with van der Waals surface area (Å²) in [5.41, 5.74) is 1.99. The topological polar surface area (TPSA) is 40.5 Å². The smallest absolute Gasteiger partial charge is 0.329 e. The van der Waals surface area contributed by atoms with Gasteiger partial charge in [0.1, 0.15) is 5.54 Å². The fourth-order valence-corrected chi connectivity index (χ4v) is 4.62. The highest BCUT2D eigenvalue weighted by molar-refractivity contribution is 7.17. The molecule has 3 aromatic rings. The van der Waals surface area contributed by atoms with E-state index in [-0.39, 0.29) is 0 Å². The standard InChI is InChI=1S/C21H19NO2S/c1-15(18-14-25-19-10-6-5-9-17(18)19)22-12-11-21(22,20(23)24)13-16-7-3-2-4-8-16/h2-10,14H,1,11-13H2,(H,23,24). The van der Waals surface area contributed by atoms with E-state index < -0.39 is 11.5 Å². The van der Waals surface area contributed by atoms with E-state index >= 15 is 0 Å². The van der Waals surface area contributed by atoms with Crippen molar-refractivity contribution in [3.63, 3.8) is 0 Å². The normalized spacial score (nSPS) is 19.6. The van der Waals surface area contributed by atoms with E-state index in [1.54, 1.807) is 11.3 Å². The summed E-state index contributed by atoms with van der Waals surface area (Å²) in [6, 6.07) is 18.0. The molecule has 4 heteroatoms. The minimum atomic E-state index is -0.901. The number of likely N-dealkylation sites (tertiary alicyclic amines) is 1. The number of hydrogen-bond donors (Lipinski definition) is 1. The van der Waals surface area contributed by atoms with Crippen molar-refractivity contribution < 1.29 is 9.90 Å². The van der Waals surface area contributed by atoms with Gasteiger partial charge in [-0.25, -0.2) is 4.79 Å². The van der Waals surface area contributed by atoms with E-state index in [9.17, 15) is 9.90 Å². The molecular weight excluding hydrogens is 330 g/mol. The van der Waals surface area contributed by atoms with Crippen LogP contribution in [0.3, 0.4) is 0 Å². The number of rotatable bonds is 5. The Morgan fingerprint density at radius 2 is 1.88 bits per heavy atom. The van der Waals surface area contributed by atoms with E-state index in [4.69, 9.17) is 0 Å². The summed E-state index contributed by atoms with van der Waals surface area (Å²) in [6.07, 6.45) is 1.13. The van der Waals surface area contributed by atoms with Crippen LogP contribution in [0.4, 0.5) is 0 Å². The highest BCUT2D eigenvalue weighted by Gasteiger charge is 2.52. The van der Waals surface area contributed by atoms with Crippen LogP contribution in [0, 0.1) is 0 Å². The van der Waals surface area contributed by atoms with Crippen molar-refractivity contribution in [2.75, 3.05) is 6.54 Å². The number of benzene rings is 2. The minimum absolute atomic E-state index is 0.490. The summed E-state index contributed by atoms with van der Waals surface area (Å²) >= 11 is 1.67. The molecule has 0 radical (unpaired) electrons. The maximum Gasteiger partial charge on any atom is 0.329 e. The van der Waals surface area contributed by atoms with Crippen LogP contribution in [0.15, 0.2) is 66.6 Å². The largest absolute Gasteiger partial charge is 0.479 e. The molecule has 1 aliphatic rings. The molecule has 0 bridgehead atoms. The summed E-state index contributed by atoms with van der Waals surface area (Å²) < 4.78 is 1.20. The van der Waals surface area contributed by atoms with Crippen LogP contribution < -0.4 is 0 Å². The second-order valence-corrected chi connectivity index (χ2v) is 7.40. The van der Waals surface area contributed by atoms with Gasteiger partial charge < -0.3 is 10.0 Å². The Balaban J connectivity index is 1.69.